The van der Waals surface area contributed by atoms with Gasteiger partial charge >= 0.3 is 0 Å². The van der Waals surface area contributed by atoms with E-state index in [2.05, 4.69) is 10.3 Å². The second kappa shape index (κ2) is 5.71. The van der Waals surface area contributed by atoms with E-state index in [1.807, 2.05) is 13.1 Å². The average Bonchev–Trinajstić information content (AvgIpc) is 2.93. The van der Waals surface area contributed by atoms with Crippen LogP contribution in [-0.2, 0) is 9.84 Å². The van der Waals surface area contributed by atoms with E-state index >= 15 is 0 Å². The van der Waals surface area contributed by atoms with Gasteiger partial charge in [-0.1, -0.05) is 6.92 Å². The molecular weight excluding hydrogens is 280 g/mol. The number of rotatable bonds is 5. The number of hydrogen-bond acceptors (Lipinski definition) is 5. The van der Waals surface area contributed by atoms with Crippen molar-refractivity contribution in [3.63, 3.8) is 0 Å². The van der Waals surface area contributed by atoms with Crippen molar-refractivity contribution in [2.45, 2.75) is 24.8 Å². The molecule has 1 aromatic carbocycles. The summed E-state index contributed by atoms with van der Waals surface area (Å²) >= 11 is 1.59. The molecule has 0 amide bonds. The standard InChI is InChI=1S/C13H16N2O2S2/c1-3-19(16,17)12-6-4-11(5-7-12)15-10(2)13-8-14-9-18-13/h4-10,15H,3H2,1-2H3. The Morgan fingerprint density at radius 1 is 1.32 bits per heavy atom. The van der Waals surface area contributed by atoms with Gasteiger partial charge in [-0.15, -0.1) is 11.3 Å². The van der Waals surface area contributed by atoms with Crippen LogP contribution in [0.3, 0.4) is 0 Å². The Morgan fingerprint density at radius 2 is 2.00 bits per heavy atom. The fourth-order valence-corrected chi connectivity index (χ4v) is 3.20. The second-order valence-electron chi connectivity index (χ2n) is 4.20. The molecule has 1 atom stereocenters. The van der Waals surface area contributed by atoms with Crippen molar-refractivity contribution in [2.24, 2.45) is 0 Å². The number of benzene rings is 1. The number of hydrogen-bond donors (Lipinski definition) is 1. The Balaban J connectivity index is 2.11. The van der Waals surface area contributed by atoms with Gasteiger partial charge in [-0.25, -0.2) is 8.42 Å². The van der Waals surface area contributed by atoms with Crippen molar-refractivity contribution < 1.29 is 8.42 Å². The fraction of sp³-hybridized carbons (Fsp3) is 0.308. The molecule has 1 aromatic heterocycles. The predicted molar refractivity (Wildman–Crippen MR) is 78.3 cm³/mol. The summed E-state index contributed by atoms with van der Waals surface area (Å²) in [5.41, 5.74) is 2.70. The molecular formula is C13H16N2O2S2. The summed E-state index contributed by atoms with van der Waals surface area (Å²) < 4.78 is 23.4. The van der Waals surface area contributed by atoms with Gasteiger partial charge in [-0.05, 0) is 31.2 Å². The van der Waals surface area contributed by atoms with Crippen molar-refractivity contribution in [1.82, 2.24) is 4.98 Å². The van der Waals surface area contributed by atoms with E-state index in [0.29, 0.717) is 4.90 Å². The largest absolute Gasteiger partial charge is 0.378 e. The lowest BCUT2D eigenvalue weighted by Crippen LogP contribution is -2.06. The van der Waals surface area contributed by atoms with Crippen molar-refractivity contribution in [2.75, 3.05) is 11.1 Å². The molecule has 1 unspecified atom stereocenters. The van der Waals surface area contributed by atoms with E-state index in [4.69, 9.17) is 0 Å². The molecule has 102 valence electrons. The van der Waals surface area contributed by atoms with Crippen LogP contribution in [0.2, 0.25) is 0 Å². The highest BCUT2D eigenvalue weighted by Gasteiger charge is 2.11. The summed E-state index contributed by atoms with van der Waals surface area (Å²) in [6.45, 7) is 3.69. The molecule has 0 radical (unpaired) electrons. The number of thiazole rings is 1. The molecule has 0 bridgehead atoms. The summed E-state index contributed by atoms with van der Waals surface area (Å²) in [6, 6.07) is 7.02. The van der Waals surface area contributed by atoms with E-state index in [9.17, 15) is 8.42 Å². The molecule has 19 heavy (non-hydrogen) atoms. The Bertz CT molecular complexity index is 619. The molecule has 0 aliphatic heterocycles. The molecule has 1 heterocycles. The van der Waals surface area contributed by atoms with Gasteiger partial charge < -0.3 is 5.32 Å². The van der Waals surface area contributed by atoms with Gasteiger partial charge in [-0.3, -0.25) is 4.98 Å². The lowest BCUT2D eigenvalue weighted by atomic mass is 10.2. The van der Waals surface area contributed by atoms with E-state index in [1.165, 1.54) is 0 Å². The molecule has 0 aliphatic rings. The monoisotopic (exact) mass is 296 g/mol. The van der Waals surface area contributed by atoms with E-state index in [-0.39, 0.29) is 11.8 Å². The van der Waals surface area contributed by atoms with Crippen molar-refractivity contribution in [3.8, 4) is 0 Å². The first kappa shape index (κ1) is 14.0. The third-order valence-corrected chi connectivity index (χ3v) is 5.56. The molecule has 6 heteroatoms. The van der Waals surface area contributed by atoms with Crippen LogP contribution < -0.4 is 5.32 Å². The normalized spacial score (nSPS) is 13.2. The van der Waals surface area contributed by atoms with Crippen LogP contribution in [0.15, 0.2) is 40.9 Å². The van der Waals surface area contributed by atoms with Crippen LogP contribution in [0, 0.1) is 0 Å². The van der Waals surface area contributed by atoms with E-state index < -0.39 is 9.84 Å². The quantitative estimate of drug-likeness (QED) is 0.921. The SMILES string of the molecule is CCS(=O)(=O)c1ccc(NC(C)c2cncs2)cc1. The lowest BCUT2D eigenvalue weighted by Gasteiger charge is -2.13. The summed E-state index contributed by atoms with van der Waals surface area (Å²) in [7, 11) is -3.12. The van der Waals surface area contributed by atoms with Crippen LogP contribution >= 0.6 is 11.3 Å². The van der Waals surface area contributed by atoms with Crippen LogP contribution in [0.25, 0.3) is 0 Å². The molecule has 2 aromatic rings. The zero-order valence-corrected chi connectivity index (χ0v) is 12.5. The molecule has 2 rings (SSSR count). The van der Waals surface area contributed by atoms with Gasteiger partial charge in [0.25, 0.3) is 0 Å². The summed E-state index contributed by atoms with van der Waals surface area (Å²) in [5, 5.41) is 3.32. The highest BCUT2D eigenvalue weighted by atomic mass is 32.2. The Hall–Kier alpha value is -1.40. The topological polar surface area (TPSA) is 59.1 Å². The Labute approximate surface area is 117 Å². The van der Waals surface area contributed by atoms with E-state index in [0.717, 1.165) is 10.6 Å². The van der Waals surface area contributed by atoms with Crippen molar-refractivity contribution in [3.05, 3.63) is 40.8 Å². The van der Waals surface area contributed by atoms with Gasteiger partial charge in [0.15, 0.2) is 9.84 Å². The van der Waals surface area contributed by atoms with Crippen molar-refractivity contribution in [1.29, 1.82) is 0 Å². The first-order valence-corrected chi connectivity index (χ1v) is 8.54. The Kier molecular flexibility index (Phi) is 4.21. The van der Waals surface area contributed by atoms with Gasteiger partial charge in [0.2, 0.25) is 0 Å². The molecule has 0 spiro atoms. The van der Waals surface area contributed by atoms with Gasteiger partial charge in [0.1, 0.15) is 0 Å². The molecule has 0 fully saturated rings. The first-order valence-electron chi connectivity index (χ1n) is 6.00. The second-order valence-corrected chi connectivity index (χ2v) is 7.39. The highest BCUT2D eigenvalue weighted by molar-refractivity contribution is 7.91. The maximum Gasteiger partial charge on any atom is 0.178 e. The van der Waals surface area contributed by atoms with Gasteiger partial charge in [0, 0.05) is 16.8 Å². The minimum atomic E-state index is -3.12. The predicted octanol–water partition coefficient (Wildman–Crippen LogP) is 3.11. The molecule has 0 saturated carbocycles. The minimum Gasteiger partial charge on any atom is -0.378 e. The maximum atomic E-state index is 11.7. The average molecular weight is 296 g/mol. The van der Waals surface area contributed by atoms with Crippen LogP contribution in [0.5, 0.6) is 0 Å². The summed E-state index contributed by atoms with van der Waals surface area (Å²) in [6.07, 6.45) is 1.83. The third kappa shape index (κ3) is 3.33. The molecule has 4 nitrogen and oxygen atoms in total. The fourth-order valence-electron chi connectivity index (χ4n) is 1.69. The molecule has 1 N–H and O–H groups in total. The van der Waals surface area contributed by atoms with Crippen LogP contribution in [0.4, 0.5) is 5.69 Å². The third-order valence-electron chi connectivity index (χ3n) is 2.85. The summed E-state index contributed by atoms with van der Waals surface area (Å²) in [5.74, 6) is 0.122. The zero-order valence-electron chi connectivity index (χ0n) is 10.8. The number of nitrogens with zero attached hydrogens (tertiary/aromatic N) is 1. The van der Waals surface area contributed by atoms with Crippen LogP contribution in [-0.4, -0.2) is 19.2 Å². The Morgan fingerprint density at radius 3 is 2.53 bits per heavy atom. The first-order chi connectivity index (χ1) is 9.03. The number of aromatic nitrogens is 1. The number of sulfone groups is 1. The van der Waals surface area contributed by atoms with Crippen molar-refractivity contribution >= 4 is 26.9 Å². The molecule has 0 aliphatic carbocycles. The lowest BCUT2D eigenvalue weighted by molar-refractivity contribution is 0.597. The maximum absolute atomic E-state index is 11.7. The minimum absolute atomic E-state index is 0.122. The zero-order chi connectivity index (χ0) is 13.9. The van der Waals surface area contributed by atoms with Gasteiger partial charge in [0.05, 0.1) is 22.2 Å². The van der Waals surface area contributed by atoms with E-state index in [1.54, 1.807) is 48.0 Å². The summed E-state index contributed by atoms with van der Waals surface area (Å²) in [4.78, 5) is 5.55. The molecule has 0 saturated heterocycles. The van der Waals surface area contributed by atoms with Crippen LogP contribution in [0.1, 0.15) is 24.8 Å². The smallest absolute Gasteiger partial charge is 0.178 e. The highest BCUT2D eigenvalue weighted by Crippen LogP contribution is 2.23. The number of nitrogens with one attached hydrogen (secondary N) is 1. The number of anilines is 1. The van der Waals surface area contributed by atoms with Gasteiger partial charge in [-0.2, -0.15) is 0 Å².